The van der Waals surface area contributed by atoms with Crippen molar-refractivity contribution >= 4 is 61.2 Å². The van der Waals surface area contributed by atoms with Crippen LogP contribution >= 0.6 is 33.9 Å². The molecule has 0 amide bonds. The number of hydrogen-bond donors (Lipinski definition) is 2. The molecule has 0 aliphatic carbocycles. The largest absolute Gasteiger partial charge is 0.397 e. The molecule has 0 aliphatic rings. The number of nitrogens with zero attached hydrogens (tertiary/aromatic N) is 1. The van der Waals surface area contributed by atoms with Gasteiger partial charge in [-0.05, 0) is 59.8 Å². The molecule has 0 radical (unpaired) electrons. The van der Waals surface area contributed by atoms with Crippen LogP contribution in [-0.4, -0.2) is 4.98 Å². The number of anilines is 3. The first-order chi connectivity index (χ1) is 9.52. The van der Waals surface area contributed by atoms with Gasteiger partial charge in [0, 0.05) is 3.57 Å². The second-order valence-electron chi connectivity index (χ2n) is 4.39. The average Bonchev–Trinajstić information content (AvgIpc) is 2.72. The minimum Gasteiger partial charge on any atom is -0.397 e. The number of aryl methyl sites for hydroxylation is 1. The number of nitrogen functional groups attached to an aromatic ring is 1. The fourth-order valence-corrected chi connectivity index (χ4v) is 3.42. The highest BCUT2D eigenvalue weighted by Gasteiger charge is 2.08. The Labute approximate surface area is 133 Å². The molecule has 0 fully saturated rings. The van der Waals surface area contributed by atoms with Crippen molar-refractivity contribution in [2.45, 2.75) is 6.92 Å². The molecule has 0 aliphatic heterocycles. The topological polar surface area (TPSA) is 50.9 Å². The smallest absolute Gasteiger partial charge is 0.124 e. The lowest BCUT2D eigenvalue weighted by Crippen LogP contribution is -1.98. The van der Waals surface area contributed by atoms with E-state index in [0.29, 0.717) is 5.69 Å². The van der Waals surface area contributed by atoms with Gasteiger partial charge in [0.1, 0.15) is 5.82 Å². The van der Waals surface area contributed by atoms with Crippen LogP contribution in [0.1, 0.15) is 5.01 Å². The Balaban J connectivity index is 2.03. The summed E-state index contributed by atoms with van der Waals surface area (Å²) in [6.45, 7) is 1.97. The molecule has 0 spiro atoms. The van der Waals surface area contributed by atoms with Crippen LogP contribution in [0.25, 0.3) is 10.2 Å². The van der Waals surface area contributed by atoms with Crippen LogP contribution in [-0.2, 0) is 0 Å². The molecule has 0 bridgehead atoms. The summed E-state index contributed by atoms with van der Waals surface area (Å²) in [5, 5.41) is 4.24. The summed E-state index contributed by atoms with van der Waals surface area (Å²) in [6, 6.07) is 8.44. The second-order valence-corrected chi connectivity index (χ2v) is 6.79. The van der Waals surface area contributed by atoms with Crippen LogP contribution in [0.3, 0.4) is 0 Å². The van der Waals surface area contributed by atoms with Crippen molar-refractivity contribution in [3.05, 3.63) is 44.7 Å². The molecular formula is C14H11FIN3S. The van der Waals surface area contributed by atoms with Crippen LogP contribution in [0.15, 0.2) is 30.3 Å². The molecule has 1 heterocycles. The summed E-state index contributed by atoms with van der Waals surface area (Å²) in [6.07, 6.45) is 0. The van der Waals surface area contributed by atoms with Crippen molar-refractivity contribution < 1.29 is 4.39 Å². The number of hydrogen-bond acceptors (Lipinski definition) is 4. The molecule has 3 nitrogen and oxygen atoms in total. The lowest BCUT2D eigenvalue weighted by Gasteiger charge is -2.11. The molecule has 3 aromatic rings. The summed E-state index contributed by atoms with van der Waals surface area (Å²) < 4.78 is 15.0. The predicted molar refractivity (Wildman–Crippen MR) is 91.2 cm³/mol. The maximum absolute atomic E-state index is 13.1. The molecule has 3 rings (SSSR count). The number of fused-ring (bicyclic) bond motifs is 1. The summed E-state index contributed by atoms with van der Waals surface area (Å²) in [5.74, 6) is -0.251. The number of thiazole rings is 1. The highest BCUT2D eigenvalue weighted by Crippen LogP contribution is 2.32. The third kappa shape index (κ3) is 2.57. The molecule has 0 saturated carbocycles. The number of nitrogens with two attached hydrogens (primary N) is 1. The van der Waals surface area contributed by atoms with Crippen molar-refractivity contribution in [2.24, 2.45) is 0 Å². The summed E-state index contributed by atoms with van der Waals surface area (Å²) in [4.78, 5) is 4.45. The van der Waals surface area contributed by atoms with Crippen molar-refractivity contribution in [3.63, 3.8) is 0 Å². The van der Waals surface area contributed by atoms with Gasteiger partial charge < -0.3 is 11.1 Å². The molecule has 2 aromatic carbocycles. The van der Waals surface area contributed by atoms with Gasteiger partial charge >= 0.3 is 0 Å². The highest BCUT2D eigenvalue weighted by atomic mass is 127. The lowest BCUT2D eigenvalue weighted by molar-refractivity contribution is 0.627. The molecule has 102 valence electrons. The number of rotatable bonds is 2. The van der Waals surface area contributed by atoms with Crippen LogP contribution in [0, 0.1) is 16.3 Å². The fraction of sp³-hybridized carbons (Fsp3) is 0.0714. The predicted octanol–water partition coefficient (Wildman–Crippen LogP) is 4.67. The van der Waals surface area contributed by atoms with Gasteiger partial charge in [0.25, 0.3) is 0 Å². The minimum absolute atomic E-state index is 0.251. The van der Waals surface area contributed by atoms with Crippen LogP contribution in [0.4, 0.5) is 21.5 Å². The Morgan fingerprint density at radius 3 is 2.80 bits per heavy atom. The number of benzene rings is 2. The Morgan fingerprint density at radius 2 is 2.05 bits per heavy atom. The fourth-order valence-electron chi connectivity index (χ4n) is 1.95. The zero-order chi connectivity index (χ0) is 14.3. The molecule has 6 heteroatoms. The Bertz CT molecular complexity index is 800. The van der Waals surface area contributed by atoms with Crippen molar-refractivity contribution in [1.82, 2.24) is 4.98 Å². The lowest BCUT2D eigenvalue weighted by atomic mass is 10.2. The summed E-state index contributed by atoms with van der Waals surface area (Å²) in [5.41, 5.74) is 9.24. The third-order valence-corrected chi connectivity index (χ3v) is 4.69. The molecule has 0 unspecified atom stereocenters. The van der Waals surface area contributed by atoms with Gasteiger partial charge in [-0.25, -0.2) is 9.37 Å². The first-order valence-electron chi connectivity index (χ1n) is 5.91. The molecule has 3 N–H and O–H groups in total. The molecule has 20 heavy (non-hydrogen) atoms. The first-order valence-corrected chi connectivity index (χ1v) is 7.81. The van der Waals surface area contributed by atoms with Gasteiger partial charge in [-0.1, -0.05) is 0 Å². The molecule has 0 saturated heterocycles. The number of halogens is 2. The van der Waals surface area contributed by atoms with E-state index in [9.17, 15) is 4.39 Å². The van der Waals surface area contributed by atoms with Gasteiger partial charge in [-0.2, -0.15) is 0 Å². The van der Waals surface area contributed by atoms with Gasteiger partial charge in [0.15, 0.2) is 0 Å². The maximum Gasteiger partial charge on any atom is 0.124 e. The molecule has 0 atom stereocenters. The zero-order valence-electron chi connectivity index (χ0n) is 10.6. The Kier molecular flexibility index (Phi) is 3.51. The number of aromatic nitrogens is 1. The Hall–Kier alpha value is -1.41. The first kappa shape index (κ1) is 13.6. The minimum atomic E-state index is -0.251. The van der Waals surface area contributed by atoms with Crippen LogP contribution < -0.4 is 11.1 Å². The maximum atomic E-state index is 13.1. The molecular weight excluding hydrogens is 388 g/mol. The third-order valence-electron chi connectivity index (χ3n) is 2.87. The van der Waals surface area contributed by atoms with Crippen LogP contribution in [0.5, 0.6) is 0 Å². The second kappa shape index (κ2) is 5.17. The average molecular weight is 399 g/mol. The van der Waals surface area contributed by atoms with E-state index in [1.807, 2.05) is 19.1 Å². The summed E-state index contributed by atoms with van der Waals surface area (Å²) in [7, 11) is 0. The van der Waals surface area contributed by atoms with E-state index in [1.54, 1.807) is 17.4 Å². The highest BCUT2D eigenvalue weighted by molar-refractivity contribution is 14.1. The Morgan fingerprint density at radius 1 is 1.25 bits per heavy atom. The van der Waals surface area contributed by atoms with E-state index in [4.69, 9.17) is 5.73 Å². The van der Waals surface area contributed by atoms with E-state index in [2.05, 4.69) is 32.9 Å². The van der Waals surface area contributed by atoms with Gasteiger partial charge in [-0.15, -0.1) is 11.3 Å². The van der Waals surface area contributed by atoms with Crippen molar-refractivity contribution in [1.29, 1.82) is 0 Å². The van der Waals surface area contributed by atoms with E-state index < -0.39 is 0 Å². The SMILES string of the molecule is Cc1nc2cc(Nc3ccc(F)cc3I)c(N)cc2s1. The summed E-state index contributed by atoms with van der Waals surface area (Å²) >= 11 is 3.71. The normalized spacial score (nSPS) is 10.9. The van der Waals surface area contributed by atoms with E-state index in [-0.39, 0.29) is 5.82 Å². The standard InChI is InChI=1S/C14H11FIN3S/c1-7-18-13-6-12(10(17)5-14(13)20-7)19-11-3-2-8(15)4-9(11)16/h2-6,19H,17H2,1H3. The van der Waals surface area contributed by atoms with Gasteiger partial charge in [-0.3, -0.25) is 0 Å². The van der Waals surface area contributed by atoms with Crippen LogP contribution in [0.2, 0.25) is 0 Å². The van der Waals surface area contributed by atoms with Gasteiger partial charge in [0.2, 0.25) is 0 Å². The van der Waals surface area contributed by atoms with E-state index >= 15 is 0 Å². The quantitative estimate of drug-likeness (QED) is 0.486. The van der Waals surface area contributed by atoms with E-state index in [0.717, 1.165) is 30.2 Å². The monoisotopic (exact) mass is 399 g/mol. The zero-order valence-corrected chi connectivity index (χ0v) is 13.5. The number of nitrogens with one attached hydrogen (secondary N) is 1. The van der Waals surface area contributed by atoms with E-state index in [1.165, 1.54) is 12.1 Å². The van der Waals surface area contributed by atoms with Crippen molar-refractivity contribution in [2.75, 3.05) is 11.1 Å². The van der Waals surface area contributed by atoms with Crippen molar-refractivity contribution in [3.8, 4) is 0 Å². The van der Waals surface area contributed by atoms with Gasteiger partial charge in [0.05, 0.1) is 32.3 Å². The molecule has 1 aromatic heterocycles.